The van der Waals surface area contributed by atoms with Gasteiger partial charge in [0.05, 0.1) is 7.11 Å². The second-order valence-electron chi connectivity index (χ2n) is 3.76. The largest absolute Gasteiger partial charge is 0.468 e. The van der Waals surface area contributed by atoms with Crippen LogP contribution in [0.15, 0.2) is 0 Å². The maximum atomic E-state index is 11.2. The van der Waals surface area contributed by atoms with E-state index >= 15 is 0 Å². The third-order valence-electron chi connectivity index (χ3n) is 2.91. The lowest BCUT2D eigenvalue weighted by Crippen LogP contribution is -2.54. The predicted molar refractivity (Wildman–Crippen MR) is 55.2 cm³/mol. The van der Waals surface area contributed by atoms with E-state index in [1.165, 1.54) is 7.11 Å². The summed E-state index contributed by atoms with van der Waals surface area (Å²) in [6, 6.07) is 0.0188. The third-order valence-corrected chi connectivity index (χ3v) is 2.91. The van der Waals surface area contributed by atoms with E-state index in [0.29, 0.717) is 0 Å². The number of hydrogen-bond donors (Lipinski definition) is 0. The van der Waals surface area contributed by atoms with Gasteiger partial charge >= 0.3 is 5.97 Å². The molecular formula is C10H20N2O2. The van der Waals surface area contributed by atoms with Gasteiger partial charge in [0, 0.05) is 19.6 Å². The Morgan fingerprint density at radius 2 is 2.36 bits per heavy atom. The Bertz CT molecular complexity index is 197. The van der Waals surface area contributed by atoms with Gasteiger partial charge in [-0.05, 0) is 20.0 Å². The number of hydrogen-bond acceptors (Lipinski definition) is 4. The Kier molecular flexibility index (Phi) is 4.35. The first-order valence-corrected chi connectivity index (χ1v) is 5.19. The highest BCUT2D eigenvalue weighted by molar-refractivity contribution is 5.76. The van der Waals surface area contributed by atoms with Gasteiger partial charge in [-0.15, -0.1) is 0 Å². The molecule has 4 heteroatoms. The lowest BCUT2D eigenvalue weighted by atomic mass is 10.0. The minimum Gasteiger partial charge on any atom is -0.468 e. The van der Waals surface area contributed by atoms with E-state index in [2.05, 4.69) is 23.8 Å². The zero-order valence-electron chi connectivity index (χ0n) is 9.32. The number of esters is 1. The summed E-state index contributed by atoms with van der Waals surface area (Å²) in [4.78, 5) is 15.7. The van der Waals surface area contributed by atoms with Crippen molar-refractivity contribution in [2.24, 2.45) is 0 Å². The first-order chi connectivity index (χ1) is 6.69. The molecule has 0 amide bonds. The average molecular weight is 200 g/mol. The maximum absolute atomic E-state index is 11.2. The first kappa shape index (κ1) is 11.5. The van der Waals surface area contributed by atoms with Crippen LogP contribution < -0.4 is 0 Å². The molecule has 1 aliphatic rings. The zero-order chi connectivity index (χ0) is 10.6. The van der Waals surface area contributed by atoms with Crippen molar-refractivity contribution in [3.05, 3.63) is 0 Å². The minimum atomic E-state index is -0.0876. The molecular weight excluding hydrogens is 180 g/mol. The minimum absolute atomic E-state index is 0.0188. The summed E-state index contributed by atoms with van der Waals surface area (Å²) in [7, 11) is 3.55. The van der Waals surface area contributed by atoms with Gasteiger partial charge in [-0.25, -0.2) is 0 Å². The maximum Gasteiger partial charge on any atom is 0.323 e. The standard InChI is InChI=1S/C10H20N2O2/c1-4-11(2)7-8-12-6-5-9(12)10(13)14-3/h9H,4-8H2,1-3H3. The normalized spacial score (nSPS) is 22.1. The van der Waals surface area contributed by atoms with Gasteiger partial charge in [-0.3, -0.25) is 9.69 Å². The summed E-state index contributed by atoms with van der Waals surface area (Å²) in [5.74, 6) is -0.0876. The monoisotopic (exact) mass is 200 g/mol. The van der Waals surface area contributed by atoms with Crippen molar-refractivity contribution in [3.8, 4) is 0 Å². The summed E-state index contributed by atoms with van der Waals surface area (Å²) in [5.41, 5.74) is 0. The fourth-order valence-corrected chi connectivity index (χ4v) is 1.57. The van der Waals surface area contributed by atoms with Crippen molar-refractivity contribution in [1.82, 2.24) is 9.80 Å². The lowest BCUT2D eigenvalue weighted by Gasteiger charge is -2.39. The van der Waals surface area contributed by atoms with E-state index in [9.17, 15) is 4.79 Å². The van der Waals surface area contributed by atoms with Crippen LogP contribution in [0.25, 0.3) is 0 Å². The number of ether oxygens (including phenoxy) is 1. The molecule has 82 valence electrons. The Balaban J connectivity index is 2.22. The molecule has 0 radical (unpaired) electrons. The highest BCUT2D eigenvalue weighted by Crippen LogP contribution is 2.17. The van der Waals surface area contributed by atoms with Gasteiger partial charge in [-0.2, -0.15) is 0 Å². The SMILES string of the molecule is CCN(C)CCN1CCC1C(=O)OC. The molecule has 0 aromatic carbocycles. The summed E-state index contributed by atoms with van der Waals surface area (Å²) in [5, 5.41) is 0. The molecule has 14 heavy (non-hydrogen) atoms. The van der Waals surface area contributed by atoms with E-state index in [-0.39, 0.29) is 12.0 Å². The van der Waals surface area contributed by atoms with Gasteiger partial charge < -0.3 is 9.64 Å². The van der Waals surface area contributed by atoms with Crippen molar-refractivity contribution in [1.29, 1.82) is 0 Å². The van der Waals surface area contributed by atoms with Crippen LogP contribution in [0.1, 0.15) is 13.3 Å². The molecule has 1 aliphatic heterocycles. The van der Waals surface area contributed by atoms with E-state index < -0.39 is 0 Å². The predicted octanol–water partition coefficient (Wildman–Crippen LogP) is 0.185. The molecule has 1 heterocycles. The highest BCUT2D eigenvalue weighted by atomic mass is 16.5. The molecule has 0 saturated carbocycles. The number of carbonyl (C=O) groups is 1. The Hall–Kier alpha value is -0.610. The number of nitrogens with zero attached hydrogens (tertiary/aromatic N) is 2. The molecule has 1 fully saturated rings. The molecule has 0 bridgehead atoms. The molecule has 0 aliphatic carbocycles. The number of likely N-dealkylation sites (N-methyl/N-ethyl adjacent to an activating group) is 1. The van der Waals surface area contributed by atoms with E-state index in [1.807, 2.05) is 0 Å². The molecule has 0 aromatic heterocycles. The van der Waals surface area contributed by atoms with Gasteiger partial charge in [0.15, 0.2) is 0 Å². The quantitative estimate of drug-likeness (QED) is 0.593. The number of carbonyl (C=O) groups excluding carboxylic acids is 1. The van der Waals surface area contributed by atoms with Crippen LogP contribution in [0.4, 0.5) is 0 Å². The second kappa shape index (κ2) is 5.32. The summed E-state index contributed by atoms with van der Waals surface area (Å²) in [6.07, 6.45) is 0.947. The first-order valence-electron chi connectivity index (χ1n) is 5.19. The number of likely N-dealkylation sites (tertiary alicyclic amines) is 1. The van der Waals surface area contributed by atoms with Crippen molar-refractivity contribution >= 4 is 5.97 Å². The second-order valence-corrected chi connectivity index (χ2v) is 3.76. The van der Waals surface area contributed by atoms with Crippen molar-refractivity contribution in [2.75, 3.05) is 40.3 Å². The van der Waals surface area contributed by atoms with Crippen molar-refractivity contribution < 1.29 is 9.53 Å². The third kappa shape index (κ3) is 2.69. The van der Waals surface area contributed by atoms with Crippen LogP contribution in [0.5, 0.6) is 0 Å². The molecule has 0 N–H and O–H groups in total. The molecule has 1 rings (SSSR count). The summed E-state index contributed by atoms with van der Waals surface area (Å²) in [6.45, 7) is 6.19. The van der Waals surface area contributed by atoms with Crippen molar-refractivity contribution in [2.45, 2.75) is 19.4 Å². The van der Waals surface area contributed by atoms with E-state index in [0.717, 1.165) is 32.6 Å². The van der Waals surface area contributed by atoms with Crippen LogP contribution >= 0.6 is 0 Å². The molecule has 1 unspecified atom stereocenters. The molecule has 1 atom stereocenters. The van der Waals surface area contributed by atoms with Gasteiger partial charge in [0.25, 0.3) is 0 Å². The molecule has 1 saturated heterocycles. The van der Waals surface area contributed by atoms with Gasteiger partial charge in [-0.1, -0.05) is 6.92 Å². The summed E-state index contributed by atoms with van der Waals surface area (Å²) >= 11 is 0. The number of rotatable bonds is 5. The smallest absolute Gasteiger partial charge is 0.323 e. The van der Waals surface area contributed by atoms with Gasteiger partial charge in [0.1, 0.15) is 6.04 Å². The lowest BCUT2D eigenvalue weighted by molar-refractivity contribution is -0.151. The van der Waals surface area contributed by atoms with Crippen LogP contribution in [0.2, 0.25) is 0 Å². The highest BCUT2D eigenvalue weighted by Gasteiger charge is 2.34. The van der Waals surface area contributed by atoms with Crippen LogP contribution in [0.3, 0.4) is 0 Å². The van der Waals surface area contributed by atoms with Crippen LogP contribution in [-0.4, -0.2) is 62.1 Å². The Labute approximate surface area is 85.8 Å². The molecule has 4 nitrogen and oxygen atoms in total. The zero-order valence-corrected chi connectivity index (χ0v) is 9.32. The Morgan fingerprint density at radius 3 is 2.79 bits per heavy atom. The average Bonchev–Trinajstić information content (AvgIpc) is 2.15. The fraction of sp³-hybridized carbons (Fsp3) is 0.900. The van der Waals surface area contributed by atoms with Crippen LogP contribution in [-0.2, 0) is 9.53 Å². The van der Waals surface area contributed by atoms with E-state index in [4.69, 9.17) is 4.74 Å². The Morgan fingerprint density at radius 1 is 1.64 bits per heavy atom. The molecule has 0 aromatic rings. The number of methoxy groups -OCH3 is 1. The molecule has 0 spiro atoms. The van der Waals surface area contributed by atoms with Crippen molar-refractivity contribution in [3.63, 3.8) is 0 Å². The summed E-state index contributed by atoms with van der Waals surface area (Å²) < 4.78 is 4.72. The fourth-order valence-electron chi connectivity index (χ4n) is 1.57. The van der Waals surface area contributed by atoms with E-state index in [1.54, 1.807) is 0 Å². The van der Waals surface area contributed by atoms with Crippen LogP contribution in [0, 0.1) is 0 Å². The van der Waals surface area contributed by atoms with Gasteiger partial charge in [0.2, 0.25) is 0 Å². The topological polar surface area (TPSA) is 32.8 Å².